The molecule has 172 valence electrons. The molecule has 2 saturated heterocycles. The fourth-order valence-corrected chi connectivity index (χ4v) is 7.96. The molecule has 2 aliphatic rings. The number of anilines is 1. The zero-order chi connectivity index (χ0) is 23.0. The Hall–Kier alpha value is -2.46. The molecule has 32 heavy (non-hydrogen) atoms. The molecule has 2 aromatic rings. The Kier molecular flexibility index (Phi) is 6.26. The molecule has 0 aromatic heterocycles. The van der Waals surface area contributed by atoms with Crippen molar-refractivity contribution in [2.24, 2.45) is 0 Å². The lowest BCUT2D eigenvalue weighted by atomic mass is 10.0. The second-order valence-electron chi connectivity index (χ2n) is 8.45. The number of amides is 2. The van der Waals surface area contributed by atoms with Gasteiger partial charge >= 0.3 is 12.0 Å². The van der Waals surface area contributed by atoms with E-state index in [1.54, 1.807) is 30.0 Å². The van der Waals surface area contributed by atoms with Gasteiger partial charge in [-0.25, -0.2) is 13.2 Å². The third-order valence-corrected chi connectivity index (χ3v) is 9.85. The molecule has 0 bridgehead atoms. The van der Waals surface area contributed by atoms with Crippen LogP contribution in [0.5, 0.6) is 0 Å². The van der Waals surface area contributed by atoms with E-state index >= 15 is 0 Å². The summed E-state index contributed by atoms with van der Waals surface area (Å²) in [4.78, 5) is 25.5. The van der Waals surface area contributed by atoms with Crippen LogP contribution in [-0.2, 0) is 14.6 Å². The molecule has 0 spiro atoms. The van der Waals surface area contributed by atoms with Crippen LogP contribution in [0.3, 0.4) is 0 Å². The number of rotatable bonds is 8. The summed E-state index contributed by atoms with van der Waals surface area (Å²) in [7, 11) is -0.341. The van der Waals surface area contributed by atoms with Crippen LogP contribution in [0.2, 0.25) is 0 Å². The quantitative estimate of drug-likeness (QED) is 0.500. The molecule has 4 rings (SSSR count). The number of nitrogens with one attached hydrogen (secondary N) is 2. The van der Waals surface area contributed by atoms with Crippen molar-refractivity contribution in [2.75, 3.05) is 24.7 Å². The van der Waals surface area contributed by atoms with Crippen LogP contribution in [0.1, 0.15) is 19.3 Å². The second-order valence-corrected chi connectivity index (χ2v) is 11.8. The van der Waals surface area contributed by atoms with E-state index in [0.717, 1.165) is 16.8 Å². The van der Waals surface area contributed by atoms with Crippen LogP contribution < -0.4 is 15.5 Å². The predicted octanol–water partition coefficient (Wildman–Crippen LogP) is 2.47. The highest BCUT2D eigenvalue weighted by atomic mass is 32.2. The van der Waals surface area contributed by atoms with Gasteiger partial charge in [0, 0.05) is 41.6 Å². The third kappa shape index (κ3) is 4.13. The van der Waals surface area contributed by atoms with Gasteiger partial charge in [0.2, 0.25) is 0 Å². The van der Waals surface area contributed by atoms with Gasteiger partial charge in [-0.1, -0.05) is 30.7 Å². The van der Waals surface area contributed by atoms with Gasteiger partial charge in [-0.3, -0.25) is 4.79 Å². The Morgan fingerprint density at radius 3 is 2.62 bits per heavy atom. The van der Waals surface area contributed by atoms with Gasteiger partial charge in [0.25, 0.3) is 0 Å². The molecule has 0 aliphatic carbocycles. The summed E-state index contributed by atoms with van der Waals surface area (Å²) < 4.78 is 26.9. The molecular formula is C22H27N3O5S2. The molecule has 8 nitrogen and oxygen atoms in total. The van der Waals surface area contributed by atoms with E-state index < -0.39 is 21.1 Å². The smallest absolute Gasteiger partial charge is 0.322 e. The average Bonchev–Trinajstić information content (AvgIpc) is 3.28. The summed E-state index contributed by atoms with van der Waals surface area (Å²) in [6.07, 6.45) is 1.12. The summed E-state index contributed by atoms with van der Waals surface area (Å²) in [5.41, 5.74) is 0.867. The van der Waals surface area contributed by atoms with Gasteiger partial charge in [0.15, 0.2) is 15.1 Å². The van der Waals surface area contributed by atoms with Crippen molar-refractivity contribution in [3.63, 3.8) is 0 Å². The molecule has 2 aromatic carbocycles. The van der Waals surface area contributed by atoms with Crippen molar-refractivity contribution < 1.29 is 23.1 Å². The summed E-state index contributed by atoms with van der Waals surface area (Å²) >= 11 is 1.73. The summed E-state index contributed by atoms with van der Waals surface area (Å²) in [6, 6.07) is 10.3. The van der Waals surface area contributed by atoms with E-state index in [2.05, 4.69) is 10.6 Å². The second kappa shape index (κ2) is 8.82. The number of carbonyl (C=O) groups is 2. The number of thioether (sulfide) groups is 1. The topological polar surface area (TPSA) is 116 Å². The first kappa shape index (κ1) is 22.7. The van der Waals surface area contributed by atoms with Crippen molar-refractivity contribution in [1.82, 2.24) is 10.6 Å². The van der Waals surface area contributed by atoms with E-state index in [4.69, 9.17) is 0 Å². The standard InChI is InChI=1S/C22H27N3O5S2/c1-25(2)16-8-3-7-14-13(16)6-4-10-18(14)32(29,30)19(21(26)27)11-5-9-17-20-15(12-31-17)23-22(28)24-20/h3-4,6-8,10,15,17,19-20H,5,9,11-12H2,1-2H3,(H,26,27)(H2,23,24,28)/t15-,17-,19?,20-/m0/s1. The van der Waals surface area contributed by atoms with E-state index in [-0.39, 0.29) is 34.7 Å². The minimum atomic E-state index is -4.10. The zero-order valence-electron chi connectivity index (χ0n) is 17.9. The highest BCUT2D eigenvalue weighted by molar-refractivity contribution is 8.00. The van der Waals surface area contributed by atoms with Crippen LogP contribution >= 0.6 is 11.8 Å². The Morgan fingerprint density at radius 1 is 1.19 bits per heavy atom. The number of sulfone groups is 1. The number of carboxylic acid groups (broad SMARTS) is 1. The van der Waals surface area contributed by atoms with Crippen molar-refractivity contribution >= 4 is 50.1 Å². The fraction of sp³-hybridized carbons (Fsp3) is 0.455. The van der Waals surface area contributed by atoms with Crippen LogP contribution in [0, 0.1) is 0 Å². The number of urea groups is 1. The first-order valence-electron chi connectivity index (χ1n) is 10.5. The lowest BCUT2D eigenvalue weighted by molar-refractivity contribution is -0.136. The fourth-order valence-electron chi connectivity index (χ4n) is 4.61. The molecule has 2 aliphatic heterocycles. The monoisotopic (exact) mass is 477 g/mol. The molecule has 0 radical (unpaired) electrons. The van der Waals surface area contributed by atoms with Crippen molar-refractivity contribution in [1.29, 1.82) is 0 Å². The minimum absolute atomic E-state index is 0.00917. The zero-order valence-corrected chi connectivity index (χ0v) is 19.6. The first-order valence-corrected chi connectivity index (χ1v) is 13.1. The van der Waals surface area contributed by atoms with Gasteiger partial charge in [-0.15, -0.1) is 0 Å². The average molecular weight is 478 g/mol. The van der Waals surface area contributed by atoms with Crippen LogP contribution in [0.4, 0.5) is 10.5 Å². The minimum Gasteiger partial charge on any atom is -0.480 e. The van der Waals surface area contributed by atoms with Gasteiger partial charge in [0.1, 0.15) is 0 Å². The van der Waals surface area contributed by atoms with E-state index in [1.165, 1.54) is 6.07 Å². The molecule has 1 unspecified atom stereocenters. The number of carbonyl (C=O) groups excluding carboxylic acids is 1. The molecule has 4 atom stereocenters. The highest BCUT2D eigenvalue weighted by Gasteiger charge is 2.43. The normalized spacial score (nSPS) is 23.4. The Bertz CT molecular complexity index is 1150. The molecule has 0 saturated carbocycles. The predicted molar refractivity (Wildman–Crippen MR) is 126 cm³/mol. The van der Waals surface area contributed by atoms with Crippen LogP contribution in [0.25, 0.3) is 10.8 Å². The molecule has 2 fully saturated rings. The number of fused-ring (bicyclic) bond motifs is 2. The largest absolute Gasteiger partial charge is 0.480 e. The molecular weight excluding hydrogens is 450 g/mol. The van der Waals surface area contributed by atoms with Gasteiger partial charge in [-0.05, 0) is 25.0 Å². The SMILES string of the molecule is CN(C)c1cccc2c(S(=O)(=O)C(CCC[C@@H]3SC[C@@H]4NC(=O)N[C@@H]43)C(=O)O)cccc12. The number of benzene rings is 2. The third-order valence-electron chi connectivity index (χ3n) is 6.19. The number of hydrogen-bond acceptors (Lipinski definition) is 6. The van der Waals surface area contributed by atoms with Crippen LogP contribution in [0.15, 0.2) is 41.3 Å². The molecule has 10 heteroatoms. The highest BCUT2D eigenvalue weighted by Crippen LogP contribution is 2.35. The lowest BCUT2D eigenvalue weighted by Gasteiger charge is -2.20. The maximum Gasteiger partial charge on any atom is 0.322 e. The number of hydrogen-bond donors (Lipinski definition) is 3. The summed E-state index contributed by atoms with van der Waals surface area (Å²) in [6.45, 7) is 0. The van der Waals surface area contributed by atoms with E-state index in [9.17, 15) is 23.1 Å². The Morgan fingerprint density at radius 2 is 1.91 bits per heavy atom. The van der Waals surface area contributed by atoms with Gasteiger partial charge in [0.05, 0.1) is 17.0 Å². The Labute approximate surface area is 191 Å². The molecule has 2 heterocycles. The van der Waals surface area contributed by atoms with Crippen molar-refractivity contribution in [2.45, 2.75) is 46.7 Å². The van der Waals surface area contributed by atoms with Crippen LogP contribution in [-0.4, -0.2) is 68.0 Å². The number of nitrogens with zero attached hydrogens (tertiary/aromatic N) is 1. The summed E-state index contributed by atoms with van der Waals surface area (Å²) in [5, 5.41) is 15.5. The molecule has 3 N–H and O–H groups in total. The van der Waals surface area contributed by atoms with E-state index in [1.807, 2.05) is 31.1 Å². The van der Waals surface area contributed by atoms with Gasteiger partial charge in [-0.2, -0.15) is 11.8 Å². The van der Waals surface area contributed by atoms with Crippen molar-refractivity contribution in [3.8, 4) is 0 Å². The summed E-state index contributed by atoms with van der Waals surface area (Å²) in [5.74, 6) is -0.530. The number of carboxylic acids is 1. The maximum absolute atomic E-state index is 13.5. The molecule has 2 amide bonds. The maximum atomic E-state index is 13.5. The Balaban J connectivity index is 1.55. The van der Waals surface area contributed by atoms with Gasteiger partial charge < -0.3 is 20.6 Å². The van der Waals surface area contributed by atoms with E-state index in [0.29, 0.717) is 18.2 Å². The van der Waals surface area contributed by atoms with Crippen molar-refractivity contribution in [3.05, 3.63) is 36.4 Å². The number of aliphatic carboxylic acids is 1. The first-order chi connectivity index (χ1) is 15.2. The lowest BCUT2D eigenvalue weighted by Crippen LogP contribution is -2.37.